The molecule has 0 spiro atoms. The van der Waals surface area contributed by atoms with Crippen LogP contribution in [0.5, 0.6) is 0 Å². The minimum Gasteiger partial charge on any atom is -0.354 e. The zero-order valence-corrected chi connectivity index (χ0v) is 10.8. The van der Waals surface area contributed by atoms with Crippen LogP contribution in [0.25, 0.3) is 0 Å². The van der Waals surface area contributed by atoms with Gasteiger partial charge in [0.1, 0.15) is 0 Å². The number of rotatable bonds is 5. The molecule has 2 atom stereocenters. The maximum Gasteiger partial charge on any atom is 0.227 e. The van der Waals surface area contributed by atoms with Gasteiger partial charge in [-0.05, 0) is 39.8 Å². The number of likely N-dealkylation sites (tertiary alicyclic amines) is 1. The van der Waals surface area contributed by atoms with E-state index in [1.165, 1.54) is 12.8 Å². The fourth-order valence-electron chi connectivity index (χ4n) is 2.06. The van der Waals surface area contributed by atoms with Crippen molar-refractivity contribution < 1.29 is 4.79 Å². The predicted molar refractivity (Wildman–Crippen MR) is 66.1 cm³/mol. The molecule has 0 aromatic carbocycles. The average molecular weight is 227 g/mol. The molecule has 1 rings (SSSR count). The summed E-state index contributed by atoms with van der Waals surface area (Å²) in [7, 11) is 2.12. The first-order valence-corrected chi connectivity index (χ1v) is 6.22. The number of nitrogens with two attached hydrogens (primary N) is 1. The number of amides is 1. The highest BCUT2D eigenvalue weighted by Gasteiger charge is 2.30. The lowest BCUT2D eigenvalue weighted by Crippen LogP contribution is -2.47. The maximum absolute atomic E-state index is 12.0. The maximum atomic E-state index is 12.0. The molecule has 0 aliphatic carbocycles. The molecule has 0 aromatic rings. The van der Waals surface area contributed by atoms with Crippen LogP contribution in [0.4, 0.5) is 0 Å². The van der Waals surface area contributed by atoms with E-state index in [4.69, 9.17) is 5.73 Å². The van der Waals surface area contributed by atoms with Crippen LogP contribution in [-0.4, -0.2) is 43.5 Å². The van der Waals surface area contributed by atoms with E-state index in [-0.39, 0.29) is 5.91 Å². The van der Waals surface area contributed by atoms with Crippen molar-refractivity contribution in [1.29, 1.82) is 0 Å². The van der Waals surface area contributed by atoms with E-state index < -0.39 is 5.41 Å². The highest BCUT2D eigenvalue weighted by Crippen LogP contribution is 2.20. The van der Waals surface area contributed by atoms with E-state index in [9.17, 15) is 4.79 Å². The third-order valence-corrected chi connectivity index (χ3v) is 3.95. The highest BCUT2D eigenvalue weighted by atomic mass is 16.2. The van der Waals surface area contributed by atoms with Crippen molar-refractivity contribution in [2.45, 2.75) is 39.2 Å². The van der Waals surface area contributed by atoms with Gasteiger partial charge >= 0.3 is 0 Å². The van der Waals surface area contributed by atoms with Gasteiger partial charge in [-0.25, -0.2) is 0 Å². The Bertz CT molecular complexity index is 238. The van der Waals surface area contributed by atoms with Crippen LogP contribution < -0.4 is 11.1 Å². The summed E-state index contributed by atoms with van der Waals surface area (Å²) in [5.74, 6) is 0.0952. The molecular weight excluding hydrogens is 202 g/mol. The predicted octanol–water partition coefficient (Wildman–Crippen LogP) is 0.572. The third kappa shape index (κ3) is 2.95. The first kappa shape index (κ1) is 13.5. The van der Waals surface area contributed by atoms with Gasteiger partial charge in [0.05, 0.1) is 5.41 Å². The molecule has 94 valence electrons. The van der Waals surface area contributed by atoms with Crippen LogP contribution in [0, 0.1) is 5.41 Å². The van der Waals surface area contributed by atoms with Gasteiger partial charge in [0, 0.05) is 19.1 Å². The second-order valence-electron chi connectivity index (χ2n) is 5.11. The van der Waals surface area contributed by atoms with Gasteiger partial charge in [-0.1, -0.05) is 6.92 Å². The Morgan fingerprint density at radius 3 is 2.75 bits per heavy atom. The smallest absolute Gasteiger partial charge is 0.227 e. The summed E-state index contributed by atoms with van der Waals surface area (Å²) in [6.45, 7) is 6.25. The van der Waals surface area contributed by atoms with Gasteiger partial charge in [0.2, 0.25) is 5.91 Å². The summed E-state index contributed by atoms with van der Waals surface area (Å²) >= 11 is 0. The summed E-state index contributed by atoms with van der Waals surface area (Å²) in [5, 5.41) is 3.04. The van der Waals surface area contributed by atoms with Crippen LogP contribution >= 0.6 is 0 Å². The molecule has 1 heterocycles. The molecule has 1 amide bonds. The Balaban J connectivity index is 2.40. The van der Waals surface area contributed by atoms with Gasteiger partial charge in [0.15, 0.2) is 0 Å². The second kappa shape index (κ2) is 5.64. The van der Waals surface area contributed by atoms with Gasteiger partial charge in [-0.2, -0.15) is 0 Å². The Morgan fingerprint density at radius 2 is 2.31 bits per heavy atom. The minimum atomic E-state index is -0.406. The monoisotopic (exact) mass is 227 g/mol. The molecule has 2 unspecified atom stereocenters. The van der Waals surface area contributed by atoms with E-state index in [1.54, 1.807) is 0 Å². The lowest BCUT2D eigenvalue weighted by Gasteiger charge is -2.27. The fraction of sp³-hybridized carbons (Fsp3) is 0.917. The standard InChI is InChI=1S/C12H25N3O/c1-4-12(2,9-13)11(16)14-8-10-6-5-7-15(10)3/h10H,4-9,13H2,1-3H3,(H,14,16). The normalized spacial score (nSPS) is 25.4. The number of carbonyl (C=O) groups excluding carboxylic acids is 1. The largest absolute Gasteiger partial charge is 0.354 e. The van der Waals surface area contributed by atoms with Crippen molar-refractivity contribution in [1.82, 2.24) is 10.2 Å². The molecule has 1 fully saturated rings. The quantitative estimate of drug-likeness (QED) is 0.722. The number of carbonyl (C=O) groups is 1. The Morgan fingerprint density at radius 1 is 1.62 bits per heavy atom. The topological polar surface area (TPSA) is 58.4 Å². The van der Waals surface area contributed by atoms with Crippen molar-refractivity contribution in [3.05, 3.63) is 0 Å². The van der Waals surface area contributed by atoms with Crippen LogP contribution in [0.15, 0.2) is 0 Å². The molecule has 0 saturated carbocycles. The molecule has 0 aromatic heterocycles. The van der Waals surface area contributed by atoms with Crippen molar-refractivity contribution in [3.63, 3.8) is 0 Å². The number of hydrogen-bond acceptors (Lipinski definition) is 3. The summed E-state index contributed by atoms with van der Waals surface area (Å²) in [5.41, 5.74) is 5.25. The third-order valence-electron chi connectivity index (χ3n) is 3.95. The Hall–Kier alpha value is -0.610. The zero-order valence-electron chi connectivity index (χ0n) is 10.8. The van der Waals surface area contributed by atoms with E-state index in [0.29, 0.717) is 12.6 Å². The molecule has 1 aliphatic heterocycles. The number of likely N-dealkylation sites (N-methyl/N-ethyl adjacent to an activating group) is 1. The van der Waals surface area contributed by atoms with Crippen molar-refractivity contribution in [3.8, 4) is 0 Å². The van der Waals surface area contributed by atoms with E-state index in [2.05, 4.69) is 17.3 Å². The van der Waals surface area contributed by atoms with Crippen molar-refractivity contribution >= 4 is 5.91 Å². The summed E-state index contributed by atoms with van der Waals surface area (Å²) in [6, 6.07) is 0.503. The van der Waals surface area contributed by atoms with Crippen LogP contribution in [0.3, 0.4) is 0 Å². The Labute approximate surface area is 98.6 Å². The number of nitrogens with zero attached hydrogens (tertiary/aromatic N) is 1. The van der Waals surface area contributed by atoms with Gasteiger partial charge in [0.25, 0.3) is 0 Å². The van der Waals surface area contributed by atoms with Crippen LogP contribution in [0.2, 0.25) is 0 Å². The van der Waals surface area contributed by atoms with E-state index in [1.807, 2.05) is 13.8 Å². The molecule has 4 heteroatoms. The van der Waals surface area contributed by atoms with Crippen molar-refractivity contribution in [2.75, 3.05) is 26.7 Å². The summed E-state index contributed by atoms with van der Waals surface area (Å²) < 4.78 is 0. The van der Waals surface area contributed by atoms with Crippen LogP contribution in [-0.2, 0) is 4.79 Å². The molecule has 0 radical (unpaired) electrons. The molecule has 0 bridgehead atoms. The number of hydrogen-bond donors (Lipinski definition) is 2. The van der Waals surface area contributed by atoms with E-state index >= 15 is 0 Å². The SMILES string of the molecule is CCC(C)(CN)C(=O)NCC1CCCN1C. The summed E-state index contributed by atoms with van der Waals surface area (Å²) in [6.07, 6.45) is 3.21. The van der Waals surface area contributed by atoms with Crippen LogP contribution in [0.1, 0.15) is 33.1 Å². The van der Waals surface area contributed by atoms with Gasteiger partial charge in [-0.3, -0.25) is 4.79 Å². The van der Waals surface area contributed by atoms with Gasteiger partial charge in [-0.15, -0.1) is 0 Å². The molecule has 1 saturated heterocycles. The molecular formula is C12H25N3O. The van der Waals surface area contributed by atoms with E-state index in [0.717, 1.165) is 19.5 Å². The minimum absolute atomic E-state index is 0.0952. The molecule has 3 N–H and O–H groups in total. The number of nitrogens with one attached hydrogen (secondary N) is 1. The van der Waals surface area contributed by atoms with Gasteiger partial charge < -0.3 is 16.0 Å². The Kier molecular flexibility index (Phi) is 4.74. The second-order valence-corrected chi connectivity index (χ2v) is 5.11. The highest BCUT2D eigenvalue weighted by molar-refractivity contribution is 5.82. The average Bonchev–Trinajstić information content (AvgIpc) is 2.70. The molecule has 1 aliphatic rings. The fourth-order valence-corrected chi connectivity index (χ4v) is 2.06. The first-order chi connectivity index (χ1) is 7.53. The first-order valence-electron chi connectivity index (χ1n) is 6.22. The lowest BCUT2D eigenvalue weighted by atomic mass is 9.86. The zero-order chi connectivity index (χ0) is 12.2. The summed E-state index contributed by atoms with van der Waals surface area (Å²) in [4.78, 5) is 14.3. The molecule has 16 heavy (non-hydrogen) atoms. The molecule has 4 nitrogen and oxygen atoms in total. The van der Waals surface area contributed by atoms with Crippen molar-refractivity contribution in [2.24, 2.45) is 11.1 Å². The lowest BCUT2D eigenvalue weighted by molar-refractivity contribution is -0.130.